The summed E-state index contributed by atoms with van der Waals surface area (Å²) < 4.78 is 0.428. The molecule has 0 aliphatic rings. The first kappa shape index (κ1) is 8.72. The minimum atomic E-state index is -0.0865. The van der Waals surface area contributed by atoms with Crippen molar-refractivity contribution in [3.63, 3.8) is 0 Å². The highest BCUT2D eigenvalue weighted by molar-refractivity contribution is 14.1. The fourth-order valence-electron chi connectivity index (χ4n) is 0.198. The Morgan fingerprint density at radius 3 is 2.89 bits per heavy atom. The van der Waals surface area contributed by atoms with Gasteiger partial charge in [-0.05, 0) is 0 Å². The second-order valence-electron chi connectivity index (χ2n) is 1.19. The van der Waals surface area contributed by atoms with Crippen LogP contribution in [-0.2, 0) is 4.79 Å². The van der Waals surface area contributed by atoms with Gasteiger partial charge in [0.25, 0.3) is 0 Å². The van der Waals surface area contributed by atoms with Gasteiger partial charge >= 0.3 is 0 Å². The van der Waals surface area contributed by atoms with Crippen LogP contribution in [-0.4, -0.2) is 16.9 Å². The Balaban J connectivity index is 3.37. The Hall–Kier alpha value is -0.280. The second kappa shape index (κ2) is 5.85. The number of rotatable bonds is 1. The van der Waals surface area contributed by atoms with E-state index in [0.717, 1.165) is 0 Å². The van der Waals surface area contributed by atoms with Gasteiger partial charge in [0.1, 0.15) is 0 Å². The molecular weight excluding hydrogens is 231 g/mol. The lowest BCUT2D eigenvalue weighted by Crippen LogP contribution is -2.18. The molecule has 3 N–H and O–H groups in total. The average Bonchev–Trinajstić information content (AvgIpc) is 1.89. The summed E-state index contributed by atoms with van der Waals surface area (Å²) in [6, 6.07) is 2.41. The highest BCUT2D eigenvalue weighted by Gasteiger charge is 1.89. The molecule has 0 rings (SSSR count). The zero-order valence-corrected chi connectivity index (χ0v) is 6.94. The first-order valence-corrected chi connectivity index (χ1v) is 3.86. The molecule has 0 aromatic carbocycles. The Bertz CT molecular complexity index is 147. The van der Waals surface area contributed by atoms with Gasteiger partial charge < -0.3 is 5.73 Å². The second-order valence-corrected chi connectivity index (χ2v) is 1.95. The minimum Gasteiger partial charge on any atom is -0.320 e. The SMILES string of the molecule is NCC#CNC(=O)CI. The van der Waals surface area contributed by atoms with E-state index >= 15 is 0 Å². The third kappa shape index (κ3) is 5.59. The van der Waals surface area contributed by atoms with Crippen LogP contribution in [0.3, 0.4) is 0 Å². The lowest BCUT2D eigenvalue weighted by atomic mass is 10.6. The van der Waals surface area contributed by atoms with E-state index in [1.807, 2.05) is 22.6 Å². The maximum absolute atomic E-state index is 10.4. The van der Waals surface area contributed by atoms with Gasteiger partial charge in [-0.25, -0.2) is 0 Å². The van der Waals surface area contributed by atoms with Crippen LogP contribution in [0.15, 0.2) is 0 Å². The Kier molecular flexibility index (Phi) is 5.67. The van der Waals surface area contributed by atoms with Crippen molar-refractivity contribution < 1.29 is 4.79 Å². The summed E-state index contributed by atoms with van der Waals surface area (Å²) >= 11 is 1.95. The zero-order chi connectivity index (χ0) is 7.11. The first-order valence-electron chi connectivity index (χ1n) is 2.34. The zero-order valence-electron chi connectivity index (χ0n) is 4.78. The van der Waals surface area contributed by atoms with E-state index < -0.39 is 0 Å². The monoisotopic (exact) mass is 238 g/mol. The average molecular weight is 238 g/mol. The molecule has 50 valence electrons. The molecule has 0 saturated heterocycles. The summed E-state index contributed by atoms with van der Waals surface area (Å²) in [5.41, 5.74) is 5.03. The molecule has 0 aliphatic heterocycles. The van der Waals surface area contributed by atoms with Crippen molar-refractivity contribution in [3.8, 4) is 12.0 Å². The summed E-state index contributed by atoms with van der Waals surface area (Å²) in [5, 5.41) is 2.35. The summed E-state index contributed by atoms with van der Waals surface area (Å²) in [5.74, 6) is 2.42. The molecule has 3 nitrogen and oxygen atoms in total. The lowest BCUT2D eigenvalue weighted by Gasteiger charge is -1.86. The first-order chi connectivity index (χ1) is 4.31. The fourth-order valence-corrected chi connectivity index (χ4v) is 0.389. The van der Waals surface area contributed by atoms with Gasteiger partial charge in [0.15, 0.2) is 0 Å². The van der Waals surface area contributed by atoms with E-state index in [-0.39, 0.29) is 12.5 Å². The molecule has 0 radical (unpaired) electrons. The smallest absolute Gasteiger partial charge is 0.241 e. The molecule has 1 amide bonds. The molecule has 0 fully saturated rings. The number of nitrogens with two attached hydrogens (primary N) is 1. The van der Waals surface area contributed by atoms with E-state index in [2.05, 4.69) is 17.3 Å². The molecule has 0 aromatic heterocycles. The van der Waals surface area contributed by atoms with E-state index in [1.165, 1.54) is 0 Å². The summed E-state index contributed by atoms with van der Waals surface area (Å²) in [7, 11) is 0. The highest BCUT2D eigenvalue weighted by atomic mass is 127. The molecule has 4 heteroatoms. The molecule has 0 saturated carbocycles. The summed E-state index contributed by atoms with van der Waals surface area (Å²) in [6.45, 7) is 0.279. The number of alkyl halides is 1. The molecule has 9 heavy (non-hydrogen) atoms. The van der Waals surface area contributed by atoms with Crippen LogP contribution < -0.4 is 11.1 Å². The van der Waals surface area contributed by atoms with Gasteiger partial charge in [-0.1, -0.05) is 28.5 Å². The van der Waals surface area contributed by atoms with Crippen LogP contribution >= 0.6 is 22.6 Å². The Morgan fingerprint density at radius 1 is 1.78 bits per heavy atom. The third-order valence-corrected chi connectivity index (χ3v) is 1.21. The van der Waals surface area contributed by atoms with Crippen molar-refractivity contribution in [1.82, 2.24) is 5.32 Å². The lowest BCUT2D eigenvalue weighted by molar-refractivity contribution is -0.117. The Morgan fingerprint density at radius 2 is 2.44 bits per heavy atom. The van der Waals surface area contributed by atoms with Crippen molar-refractivity contribution in [2.75, 3.05) is 11.0 Å². The number of nitrogens with one attached hydrogen (secondary N) is 1. The van der Waals surface area contributed by atoms with Crippen LogP contribution in [0.4, 0.5) is 0 Å². The Labute approximate surface area is 67.5 Å². The molecule has 0 bridgehead atoms. The maximum atomic E-state index is 10.4. The molecule has 0 aromatic rings. The van der Waals surface area contributed by atoms with Gasteiger partial charge in [0.2, 0.25) is 5.91 Å². The molecule has 0 spiro atoms. The number of amides is 1. The van der Waals surface area contributed by atoms with Crippen LogP contribution in [0.5, 0.6) is 0 Å². The standard InChI is InChI=1S/C5H7IN2O/c6-4-5(9)8-3-1-2-7/h2,4,7H2,(H,8,9). The van der Waals surface area contributed by atoms with Crippen molar-refractivity contribution in [3.05, 3.63) is 0 Å². The number of carbonyl (C=O) groups excluding carboxylic acids is 1. The molecule has 0 aliphatic carbocycles. The third-order valence-electron chi connectivity index (χ3n) is 0.514. The van der Waals surface area contributed by atoms with Crippen LogP contribution in [0.1, 0.15) is 0 Å². The minimum absolute atomic E-state index is 0.0865. The largest absolute Gasteiger partial charge is 0.320 e. The number of halogens is 1. The maximum Gasteiger partial charge on any atom is 0.241 e. The quantitative estimate of drug-likeness (QED) is 0.279. The van der Waals surface area contributed by atoms with Crippen LogP contribution in [0.25, 0.3) is 0 Å². The molecule has 0 unspecified atom stereocenters. The number of carbonyl (C=O) groups is 1. The normalized spacial score (nSPS) is 7.33. The van der Waals surface area contributed by atoms with Gasteiger partial charge in [-0.15, -0.1) is 0 Å². The topological polar surface area (TPSA) is 55.1 Å². The van der Waals surface area contributed by atoms with Crippen molar-refractivity contribution in [1.29, 1.82) is 0 Å². The number of hydrogen-bond donors (Lipinski definition) is 2. The van der Waals surface area contributed by atoms with E-state index in [9.17, 15) is 4.79 Å². The predicted octanol–water partition coefficient (Wildman–Crippen LogP) is -0.543. The number of hydrogen-bond acceptors (Lipinski definition) is 2. The van der Waals surface area contributed by atoms with Gasteiger partial charge in [-0.3, -0.25) is 10.1 Å². The van der Waals surface area contributed by atoms with Crippen molar-refractivity contribution >= 4 is 28.5 Å². The van der Waals surface area contributed by atoms with E-state index in [1.54, 1.807) is 0 Å². The van der Waals surface area contributed by atoms with E-state index in [4.69, 9.17) is 5.73 Å². The van der Waals surface area contributed by atoms with Gasteiger partial charge in [-0.2, -0.15) is 0 Å². The van der Waals surface area contributed by atoms with E-state index in [0.29, 0.717) is 4.43 Å². The predicted molar refractivity (Wildman–Crippen MR) is 43.9 cm³/mol. The summed E-state index contributed by atoms with van der Waals surface area (Å²) in [6.07, 6.45) is 0. The van der Waals surface area contributed by atoms with Crippen LogP contribution in [0.2, 0.25) is 0 Å². The molecule has 0 heterocycles. The van der Waals surface area contributed by atoms with Crippen molar-refractivity contribution in [2.24, 2.45) is 5.73 Å². The fraction of sp³-hybridized carbons (Fsp3) is 0.400. The van der Waals surface area contributed by atoms with Crippen LogP contribution in [0, 0.1) is 12.0 Å². The highest BCUT2D eigenvalue weighted by Crippen LogP contribution is 1.76. The molecular formula is C5H7IN2O. The van der Waals surface area contributed by atoms with Gasteiger partial charge in [0, 0.05) is 6.04 Å². The molecule has 0 atom stereocenters. The summed E-state index contributed by atoms with van der Waals surface area (Å²) in [4.78, 5) is 10.4. The van der Waals surface area contributed by atoms with Crippen molar-refractivity contribution in [2.45, 2.75) is 0 Å². The van der Waals surface area contributed by atoms with Gasteiger partial charge in [0.05, 0.1) is 11.0 Å².